The van der Waals surface area contributed by atoms with E-state index in [0.717, 1.165) is 6.07 Å². The molecule has 0 fully saturated rings. The Kier molecular flexibility index (Phi) is 3.24. The molecule has 0 aliphatic heterocycles. The molecule has 0 atom stereocenters. The van der Waals surface area contributed by atoms with E-state index < -0.39 is 5.82 Å². The lowest BCUT2D eigenvalue weighted by Crippen LogP contribution is -2.00. The molecule has 0 saturated heterocycles. The highest BCUT2D eigenvalue weighted by Gasteiger charge is 2.07. The van der Waals surface area contributed by atoms with Gasteiger partial charge in [0.2, 0.25) is 0 Å². The Labute approximate surface area is 81.9 Å². The van der Waals surface area contributed by atoms with Crippen LogP contribution in [0.1, 0.15) is 23.2 Å². The molecule has 2 N–H and O–H groups in total. The second-order valence-corrected chi connectivity index (χ2v) is 2.86. The predicted octanol–water partition coefficient (Wildman–Crippen LogP) is 2.00. The van der Waals surface area contributed by atoms with Crippen LogP contribution in [0.4, 0.5) is 10.1 Å². The lowest BCUT2D eigenvalue weighted by atomic mass is 10.1. The number of Topliss-reactive ketones (excluding diaryl/α,β-unsaturated/α-hetero) is 1. The van der Waals surface area contributed by atoms with Gasteiger partial charge >= 0.3 is 0 Å². The average Bonchev–Trinajstić information content (AvgIpc) is 2.18. The molecule has 2 nitrogen and oxygen atoms in total. The lowest BCUT2D eigenvalue weighted by molar-refractivity contribution is 0.0984. The van der Waals surface area contributed by atoms with Crippen molar-refractivity contribution in [2.75, 3.05) is 5.73 Å². The van der Waals surface area contributed by atoms with Crippen molar-refractivity contribution in [1.29, 1.82) is 0 Å². The van der Waals surface area contributed by atoms with Crippen molar-refractivity contribution in [2.24, 2.45) is 0 Å². The number of nitrogen functional groups attached to an aromatic ring is 1. The van der Waals surface area contributed by atoms with Crippen LogP contribution < -0.4 is 5.73 Å². The fourth-order valence-corrected chi connectivity index (χ4v) is 1.03. The zero-order valence-corrected chi connectivity index (χ0v) is 7.59. The average molecular weight is 191 g/mol. The lowest BCUT2D eigenvalue weighted by Gasteiger charge is -2.00. The second-order valence-electron chi connectivity index (χ2n) is 2.86. The van der Waals surface area contributed by atoms with Gasteiger partial charge in [0.15, 0.2) is 5.78 Å². The number of rotatable bonds is 3. The van der Waals surface area contributed by atoms with Gasteiger partial charge in [-0.1, -0.05) is 0 Å². The van der Waals surface area contributed by atoms with Crippen molar-refractivity contribution >= 4 is 11.5 Å². The molecule has 1 aromatic carbocycles. The van der Waals surface area contributed by atoms with Gasteiger partial charge in [0.25, 0.3) is 0 Å². The molecule has 0 aliphatic rings. The van der Waals surface area contributed by atoms with Crippen molar-refractivity contribution in [3.63, 3.8) is 0 Å². The summed E-state index contributed by atoms with van der Waals surface area (Å²) >= 11 is 0. The van der Waals surface area contributed by atoms with Gasteiger partial charge in [-0.25, -0.2) is 4.39 Å². The summed E-state index contributed by atoms with van der Waals surface area (Å²) in [4.78, 5) is 11.4. The molecule has 0 aromatic heterocycles. The van der Waals surface area contributed by atoms with Crippen LogP contribution >= 0.6 is 0 Å². The molecule has 0 aliphatic carbocycles. The highest BCUT2D eigenvalue weighted by atomic mass is 19.1. The number of benzene rings is 1. The molecular weight excluding hydrogens is 181 g/mol. The first-order chi connectivity index (χ1) is 6.65. The summed E-state index contributed by atoms with van der Waals surface area (Å²) in [6, 6.07) is 4.00. The van der Waals surface area contributed by atoms with Gasteiger partial charge in [-0.05, 0) is 18.2 Å². The van der Waals surface area contributed by atoms with Gasteiger partial charge in [-0.3, -0.25) is 4.79 Å². The van der Waals surface area contributed by atoms with E-state index in [4.69, 9.17) is 12.2 Å². The van der Waals surface area contributed by atoms with Crippen LogP contribution in [0.3, 0.4) is 0 Å². The molecule has 0 spiro atoms. The number of hydrogen-bond donors (Lipinski definition) is 1. The van der Waals surface area contributed by atoms with Crippen LogP contribution in [0.5, 0.6) is 0 Å². The molecular formula is C11H10FNO. The quantitative estimate of drug-likeness (QED) is 0.451. The van der Waals surface area contributed by atoms with Crippen LogP contribution in [0.2, 0.25) is 0 Å². The Morgan fingerprint density at radius 2 is 2.29 bits per heavy atom. The first kappa shape index (κ1) is 10.3. The van der Waals surface area contributed by atoms with Crippen molar-refractivity contribution in [1.82, 2.24) is 0 Å². The molecule has 72 valence electrons. The van der Waals surface area contributed by atoms with Crippen molar-refractivity contribution in [3.05, 3.63) is 29.6 Å². The maximum Gasteiger partial charge on any atom is 0.163 e. The zero-order chi connectivity index (χ0) is 10.6. The largest absolute Gasteiger partial charge is 0.396 e. The van der Waals surface area contributed by atoms with Gasteiger partial charge in [0.1, 0.15) is 5.82 Å². The topological polar surface area (TPSA) is 43.1 Å². The number of carbonyl (C=O) groups excluding carboxylic acids is 1. The summed E-state index contributed by atoms with van der Waals surface area (Å²) in [6.45, 7) is 0. The van der Waals surface area contributed by atoms with Crippen molar-refractivity contribution < 1.29 is 9.18 Å². The van der Waals surface area contributed by atoms with E-state index in [1.54, 1.807) is 0 Å². The van der Waals surface area contributed by atoms with Crippen molar-refractivity contribution in [2.45, 2.75) is 12.8 Å². The Hall–Kier alpha value is -1.82. The number of carbonyl (C=O) groups is 1. The number of terminal acetylenes is 1. The minimum atomic E-state index is -0.573. The number of halogens is 1. The summed E-state index contributed by atoms with van der Waals surface area (Å²) in [5, 5.41) is 0. The Bertz CT molecular complexity index is 393. The number of nitrogens with two attached hydrogens (primary N) is 1. The van der Waals surface area contributed by atoms with Gasteiger partial charge in [-0.15, -0.1) is 12.3 Å². The standard InChI is InChI=1S/C11H10FNO/c1-2-3-4-11(14)8-5-6-10(13)9(12)7-8/h1,5-7H,3-4,13H2. The summed E-state index contributed by atoms with van der Waals surface area (Å²) in [6.07, 6.45) is 5.61. The monoisotopic (exact) mass is 191 g/mol. The van der Waals surface area contributed by atoms with E-state index in [-0.39, 0.29) is 17.9 Å². The molecule has 1 rings (SSSR count). The SMILES string of the molecule is C#CCCC(=O)c1ccc(N)c(F)c1. The van der Waals surface area contributed by atoms with Crippen LogP contribution in [0.15, 0.2) is 18.2 Å². The van der Waals surface area contributed by atoms with E-state index in [1.807, 2.05) is 0 Å². The van der Waals surface area contributed by atoms with E-state index in [9.17, 15) is 9.18 Å². The molecule has 0 heterocycles. The summed E-state index contributed by atoms with van der Waals surface area (Å²) in [5.41, 5.74) is 5.62. The van der Waals surface area contributed by atoms with Crippen LogP contribution in [0, 0.1) is 18.2 Å². The fraction of sp³-hybridized carbons (Fsp3) is 0.182. The number of ketones is 1. The molecule has 0 bridgehead atoms. The molecule has 3 heteroatoms. The minimum Gasteiger partial charge on any atom is -0.396 e. The predicted molar refractivity (Wildman–Crippen MR) is 53.2 cm³/mol. The molecule has 0 saturated carbocycles. The Balaban J connectivity index is 2.82. The first-order valence-corrected chi connectivity index (χ1v) is 4.17. The van der Waals surface area contributed by atoms with Crippen LogP contribution in [0.25, 0.3) is 0 Å². The number of hydrogen-bond acceptors (Lipinski definition) is 2. The van der Waals surface area contributed by atoms with E-state index in [1.165, 1.54) is 12.1 Å². The maximum atomic E-state index is 12.9. The van der Waals surface area contributed by atoms with Gasteiger partial charge in [-0.2, -0.15) is 0 Å². The highest BCUT2D eigenvalue weighted by Crippen LogP contribution is 2.13. The first-order valence-electron chi connectivity index (χ1n) is 4.17. The third-order valence-corrected chi connectivity index (χ3v) is 1.82. The molecule has 14 heavy (non-hydrogen) atoms. The Morgan fingerprint density at radius 3 is 2.86 bits per heavy atom. The third-order valence-electron chi connectivity index (χ3n) is 1.82. The Morgan fingerprint density at radius 1 is 1.57 bits per heavy atom. The highest BCUT2D eigenvalue weighted by molar-refractivity contribution is 5.96. The molecule has 0 unspecified atom stereocenters. The van der Waals surface area contributed by atoms with Gasteiger partial charge in [0.05, 0.1) is 5.69 Å². The van der Waals surface area contributed by atoms with Crippen LogP contribution in [-0.2, 0) is 0 Å². The van der Waals surface area contributed by atoms with E-state index in [2.05, 4.69) is 5.92 Å². The fourth-order valence-electron chi connectivity index (χ4n) is 1.03. The summed E-state index contributed by atoms with van der Waals surface area (Å²) in [7, 11) is 0. The minimum absolute atomic E-state index is 0.0403. The maximum absolute atomic E-state index is 12.9. The normalized spacial score (nSPS) is 9.43. The van der Waals surface area contributed by atoms with Gasteiger partial charge < -0.3 is 5.73 Å². The second kappa shape index (κ2) is 4.43. The smallest absolute Gasteiger partial charge is 0.163 e. The van der Waals surface area contributed by atoms with Crippen LogP contribution in [-0.4, -0.2) is 5.78 Å². The third kappa shape index (κ3) is 2.33. The zero-order valence-electron chi connectivity index (χ0n) is 7.59. The van der Waals surface area contributed by atoms with E-state index >= 15 is 0 Å². The number of anilines is 1. The summed E-state index contributed by atoms with van der Waals surface area (Å²) < 4.78 is 12.9. The van der Waals surface area contributed by atoms with E-state index in [0.29, 0.717) is 12.0 Å². The molecule has 1 aromatic rings. The summed E-state index contributed by atoms with van der Waals surface area (Å²) in [5.74, 6) is 1.62. The van der Waals surface area contributed by atoms with Crippen molar-refractivity contribution in [3.8, 4) is 12.3 Å². The molecule has 0 radical (unpaired) electrons. The van der Waals surface area contributed by atoms with Gasteiger partial charge in [0, 0.05) is 18.4 Å². The molecule has 0 amide bonds.